The molecule has 0 amide bonds. The third-order valence-electron chi connectivity index (χ3n) is 8.27. The van der Waals surface area contributed by atoms with Crippen molar-refractivity contribution in [2.24, 2.45) is 12.5 Å². The zero-order valence-corrected chi connectivity index (χ0v) is 32.8. The molecular formula is C42H46IrN4OSi-2. The van der Waals surface area contributed by atoms with Gasteiger partial charge < -0.3 is 14.0 Å². The van der Waals surface area contributed by atoms with Gasteiger partial charge in [-0.3, -0.25) is 9.97 Å². The quantitative estimate of drug-likeness (QED) is 0.131. The molecule has 1 radical (unpaired) electrons. The standard InChI is InChI=1S/C22H18N3O.C20H28NSi.Ir/c1-12-8-9-16(21-18(12)15-7-5-6-13(2)20(15)26-21)22-24-17-10-11-23-14(3)19(17)25(22)4;1-15-8-10-16(11-9-15)18-12-17(13-20(2,3)4)19(14-21-18)22(5,6)7;/h5-8,10-11H,1-4H3;8-10,12,14H,13H2,1-7H3;/q2*-1;/i1D3;1D3,13D2;. The minimum atomic E-state index is -2.28. The molecule has 49 heavy (non-hydrogen) atoms. The number of benzene rings is 3. The Kier molecular flexibility index (Phi) is 7.56. The van der Waals surface area contributed by atoms with Gasteiger partial charge in [-0.05, 0) is 48.1 Å². The van der Waals surface area contributed by atoms with E-state index in [-0.39, 0.29) is 31.2 Å². The molecule has 0 unspecified atom stereocenters. The summed E-state index contributed by atoms with van der Waals surface area (Å²) in [4.78, 5) is 13.7. The Morgan fingerprint density at radius 2 is 1.76 bits per heavy atom. The molecule has 5 nitrogen and oxygen atoms in total. The molecule has 4 aromatic heterocycles. The average Bonchev–Trinajstić information content (AvgIpc) is 3.66. The number of fused-ring (bicyclic) bond motifs is 4. The van der Waals surface area contributed by atoms with Crippen molar-refractivity contribution in [3.05, 3.63) is 107 Å². The van der Waals surface area contributed by atoms with E-state index < -0.39 is 33.6 Å². The van der Waals surface area contributed by atoms with Crippen LogP contribution in [0.2, 0.25) is 19.6 Å². The van der Waals surface area contributed by atoms with Crippen LogP contribution in [0.25, 0.3) is 55.6 Å². The third kappa shape index (κ3) is 7.35. The molecule has 0 saturated heterocycles. The summed E-state index contributed by atoms with van der Waals surface area (Å²) in [6.07, 6.45) is 2.00. The van der Waals surface area contributed by atoms with E-state index in [0.29, 0.717) is 44.8 Å². The maximum absolute atomic E-state index is 8.79. The van der Waals surface area contributed by atoms with Crippen LogP contribution in [0.5, 0.6) is 0 Å². The molecule has 0 N–H and O–H groups in total. The van der Waals surface area contributed by atoms with Crippen molar-refractivity contribution in [3.8, 4) is 22.6 Å². The van der Waals surface area contributed by atoms with Gasteiger partial charge in [-0.1, -0.05) is 94.9 Å². The minimum Gasteiger partial charge on any atom is -0.500 e. The molecule has 0 aliphatic heterocycles. The Morgan fingerprint density at radius 1 is 0.959 bits per heavy atom. The SMILES string of the molecule is [2H]C([2H])([2H])c1c[c-]c(-c2cc(C([2H])([2H])C(C)(C)C)c([Si](C)(C)C)cn2)cc1.[2H]C([2H])([2H])c1c[c-]c(-c2nc3ccnc(C)c3n2C)c2oc3c(C)cccc3c12.[Ir]. The predicted molar refractivity (Wildman–Crippen MR) is 204 cm³/mol. The molecule has 0 aliphatic carbocycles. The zero-order chi connectivity index (χ0) is 41.3. The van der Waals surface area contributed by atoms with Crippen LogP contribution in [-0.2, 0) is 33.5 Å². The van der Waals surface area contributed by atoms with E-state index in [4.69, 9.17) is 20.4 Å². The molecule has 255 valence electrons. The van der Waals surface area contributed by atoms with Gasteiger partial charge in [-0.2, -0.15) is 0 Å². The molecule has 0 atom stereocenters. The monoisotopic (exact) mass is 851 g/mol. The van der Waals surface area contributed by atoms with Crippen molar-refractivity contribution in [1.29, 1.82) is 0 Å². The maximum atomic E-state index is 8.79. The Balaban J connectivity index is 0.000000215. The van der Waals surface area contributed by atoms with E-state index in [1.807, 2.05) is 76.6 Å². The number of pyridine rings is 2. The van der Waals surface area contributed by atoms with E-state index in [9.17, 15) is 0 Å². The molecule has 0 fully saturated rings. The Morgan fingerprint density at radius 3 is 2.41 bits per heavy atom. The van der Waals surface area contributed by atoms with E-state index in [2.05, 4.69) is 41.7 Å². The van der Waals surface area contributed by atoms with Crippen molar-refractivity contribution >= 4 is 46.2 Å². The van der Waals surface area contributed by atoms with Crippen molar-refractivity contribution < 1.29 is 35.5 Å². The van der Waals surface area contributed by atoms with Gasteiger partial charge in [0, 0.05) is 55.9 Å². The van der Waals surface area contributed by atoms with Crippen LogP contribution in [0.4, 0.5) is 0 Å². The topological polar surface area (TPSA) is 56.7 Å². The van der Waals surface area contributed by atoms with Crippen LogP contribution in [0.1, 0.15) is 59.7 Å². The van der Waals surface area contributed by atoms with Gasteiger partial charge >= 0.3 is 0 Å². The smallest absolute Gasteiger partial charge is 0.123 e. The van der Waals surface area contributed by atoms with E-state index >= 15 is 0 Å². The first kappa shape index (κ1) is 26.9. The van der Waals surface area contributed by atoms with Crippen molar-refractivity contribution in [2.45, 2.75) is 74.3 Å². The van der Waals surface area contributed by atoms with Gasteiger partial charge in [-0.25, -0.2) is 0 Å². The first-order valence-electron chi connectivity index (χ1n) is 20.0. The number of para-hydroxylation sites is 1. The summed E-state index contributed by atoms with van der Waals surface area (Å²) in [6.45, 7) is 11.7. The normalized spacial score (nSPS) is 15.1. The number of hydrogen-bond donors (Lipinski definition) is 0. The average molecular weight is 851 g/mol. The fourth-order valence-electron chi connectivity index (χ4n) is 6.01. The van der Waals surface area contributed by atoms with Crippen LogP contribution in [0, 0.1) is 45.1 Å². The van der Waals surface area contributed by atoms with Crippen molar-refractivity contribution in [2.75, 3.05) is 0 Å². The number of aromatic nitrogens is 4. The minimum absolute atomic E-state index is 0. The number of imidazole rings is 1. The molecule has 0 saturated carbocycles. The summed E-state index contributed by atoms with van der Waals surface area (Å²) in [5.41, 5.74) is 7.23. The number of hydrogen-bond acceptors (Lipinski definition) is 4. The Bertz CT molecular complexity index is 2600. The third-order valence-corrected chi connectivity index (χ3v) is 10.3. The van der Waals surface area contributed by atoms with Crippen LogP contribution in [0.3, 0.4) is 0 Å². The van der Waals surface area contributed by atoms with Gasteiger partial charge in [0.2, 0.25) is 0 Å². The number of furan rings is 1. The van der Waals surface area contributed by atoms with Crippen molar-refractivity contribution in [3.63, 3.8) is 0 Å². The summed E-state index contributed by atoms with van der Waals surface area (Å²) in [5.74, 6) is 0.662. The second kappa shape index (κ2) is 13.8. The van der Waals surface area contributed by atoms with Gasteiger partial charge in [0.15, 0.2) is 0 Å². The summed E-state index contributed by atoms with van der Waals surface area (Å²) < 4.78 is 72.2. The predicted octanol–water partition coefficient (Wildman–Crippen LogP) is 10.2. The molecule has 0 aliphatic rings. The fraction of sp³-hybridized carbons (Fsp3) is 0.310. The summed E-state index contributed by atoms with van der Waals surface area (Å²) in [6, 6.07) is 21.9. The van der Waals surface area contributed by atoms with Crippen LogP contribution in [-0.4, -0.2) is 27.6 Å². The van der Waals surface area contributed by atoms with Gasteiger partial charge in [0.1, 0.15) is 5.58 Å². The first-order chi connectivity index (χ1) is 25.8. The Labute approximate surface area is 316 Å². The molecule has 7 aromatic rings. The largest absolute Gasteiger partial charge is 0.500 e. The molecule has 7 rings (SSSR count). The molecule has 7 heteroatoms. The van der Waals surface area contributed by atoms with Crippen LogP contribution < -0.4 is 5.19 Å². The zero-order valence-electron chi connectivity index (χ0n) is 37.4. The second-order valence-electron chi connectivity index (χ2n) is 14.3. The number of nitrogens with zero attached hydrogens (tertiary/aromatic N) is 4. The molecule has 0 spiro atoms. The molecular weight excluding hydrogens is 797 g/mol. The van der Waals surface area contributed by atoms with Crippen LogP contribution >= 0.6 is 0 Å². The summed E-state index contributed by atoms with van der Waals surface area (Å²) >= 11 is 0. The summed E-state index contributed by atoms with van der Waals surface area (Å²) in [7, 11) is 0.110. The second-order valence-corrected chi connectivity index (χ2v) is 19.4. The Hall–Kier alpha value is -3.90. The van der Waals surface area contributed by atoms with Crippen molar-refractivity contribution in [1.82, 2.24) is 19.5 Å². The fourth-order valence-corrected chi connectivity index (χ4v) is 7.41. The first-order valence-corrected chi connectivity index (χ1v) is 19.5. The van der Waals surface area contributed by atoms with E-state index in [1.165, 1.54) is 6.07 Å². The number of aryl methyl sites for hydroxylation is 5. The molecule has 3 aromatic carbocycles. The van der Waals surface area contributed by atoms with Crippen LogP contribution in [0.15, 0.2) is 71.4 Å². The van der Waals surface area contributed by atoms with Gasteiger partial charge in [-0.15, -0.1) is 53.1 Å². The van der Waals surface area contributed by atoms with Gasteiger partial charge in [0.25, 0.3) is 0 Å². The molecule has 4 heterocycles. The summed E-state index contributed by atoms with van der Waals surface area (Å²) in [5, 5.41) is 2.39. The van der Waals surface area contributed by atoms with Gasteiger partial charge in [0.05, 0.1) is 36.2 Å². The van der Waals surface area contributed by atoms with E-state index in [0.717, 1.165) is 32.9 Å². The number of rotatable bonds is 4. The maximum Gasteiger partial charge on any atom is 0.123 e. The van der Waals surface area contributed by atoms with E-state index in [1.54, 1.807) is 30.6 Å². The molecule has 0 bridgehead atoms.